The van der Waals surface area contributed by atoms with Crippen LogP contribution in [0.25, 0.3) is 0 Å². The largest absolute Gasteiger partial charge is 0.312 e. The molecule has 1 saturated carbocycles. The summed E-state index contributed by atoms with van der Waals surface area (Å²) in [5.74, 6) is 0.842. The van der Waals surface area contributed by atoms with Crippen molar-refractivity contribution in [3.8, 4) is 0 Å². The van der Waals surface area contributed by atoms with Crippen LogP contribution < -0.4 is 5.32 Å². The molecule has 1 aromatic heterocycles. The summed E-state index contributed by atoms with van der Waals surface area (Å²) in [6.07, 6.45) is 7.04. The first-order valence-corrected chi connectivity index (χ1v) is 7.39. The van der Waals surface area contributed by atoms with Gasteiger partial charge in [-0.2, -0.15) is 0 Å². The number of thiophene rings is 1. The molecule has 1 aliphatic rings. The van der Waals surface area contributed by atoms with Gasteiger partial charge in [0, 0.05) is 20.8 Å². The van der Waals surface area contributed by atoms with E-state index in [-0.39, 0.29) is 0 Å². The van der Waals surface area contributed by atoms with Crippen LogP contribution in [-0.4, -0.2) is 7.05 Å². The number of hydrogen-bond acceptors (Lipinski definition) is 2. The molecular weight excluding hydrogens is 270 g/mol. The Morgan fingerprint density at radius 1 is 1.40 bits per heavy atom. The van der Waals surface area contributed by atoms with Gasteiger partial charge in [-0.1, -0.05) is 19.3 Å². The third-order valence-corrected chi connectivity index (χ3v) is 5.10. The van der Waals surface area contributed by atoms with E-state index in [1.54, 1.807) is 0 Å². The summed E-state index contributed by atoms with van der Waals surface area (Å²) in [6, 6.07) is 2.84. The number of rotatable bonds is 3. The lowest BCUT2D eigenvalue weighted by Crippen LogP contribution is -2.26. The van der Waals surface area contributed by atoms with Crippen molar-refractivity contribution in [1.82, 2.24) is 5.32 Å². The second kappa shape index (κ2) is 5.46. The van der Waals surface area contributed by atoms with E-state index in [1.165, 1.54) is 41.5 Å². The monoisotopic (exact) mass is 287 g/mol. The van der Waals surface area contributed by atoms with E-state index in [9.17, 15) is 0 Å². The van der Waals surface area contributed by atoms with Gasteiger partial charge < -0.3 is 5.32 Å². The summed E-state index contributed by atoms with van der Waals surface area (Å²) in [5.41, 5.74) is 0. The molecule has 84 valence electrons. The van der Waals surface area contributed by atoms with Crippen molar-refractivity contribution in [2.45, 2.75) is 38.1 Å². The first kappa shape index (κ1) is 11.6. The summed E-state index contributed by atoms with van der Waals surface area (Å²) >= 11 is 5.40. The highest BCUT2D eigenvalue weighted by Gasteiger charge is 2.24. The predicted octanol–water partition coefficient (Wildman–Crippen LogP) is 4.35. The van der Waals surface area contributed by atoms with Crippen molar-refractivity contribution < 1.29 is 0 Å². The lowest BCUT2D eigenvalue weighted by molar-refractivity contribution is 0.284. The molecule has 0 amide bonds. The molecule has 1 aromatic rings. The second-order valence-electron chi connectivity index (χ2n) is 4.33. The van der Waals surface area contributed by atoms with Crippen LogP contribution >= 0.6 is 27.3 Å². The molecule has 1 aliphatic carbocycles. The van der Waals surface area contributed by atoms with Crippen molar-refractivity contribution in [1.29, 1.82) is 0 Å². The number of hydrogen-bond donors (Lipinski definition) is 1. The van der Waals surface area contributed by atoms with E-state index < -0.39 is 0 Å². The molecule has 1 fully saturated rings. The summed E-state index contributed by atoms with van der Waals surface area (Å²) in [4.78, 5) is 1.48. The van der Waals surface area contributed by atoms with Crippen molar-refractivity contribution >= 4 is 27.3 Å². The third-order valence-electron chi connectivity index (χ3n) is 3.33. The molecule has 1 N–H and O–H groups in total. The highest BCUT2D eigenvalue weighted by Crippen LogP contribution is 2.37. The van der Waals surface area contributed by atoms with Gasteiger partial charge in [0.05, 0.1) is 0 Å². The van der Waals surface area contributed by atoms with Crippen molar-refractivity contribution in [2.75, 3.05) is 7.05 Å². The highest BCUT2D eigenvalue weighted by molar-refractivity contribution is 9.10. The first-order chi connectivity index (χ1) is 7.31. The summed E-state index contributed by atoms with van der Waals surface area (Å²) in [6.45, 7) is 0. The van der Waals surface area contributed by atoms with E-state index >= 15 is 0 Å². The predicted molar refractivity (Wildman–Crippen MR) is 70.4 cm³/mol. The van der Waals surface area contributed by atoms with Crippen molar-refractivity contribution in [3.05, 3.63) is 20.8 Å². The standard InChI is InChI=1S/C12H18BrNS/c1-14-12(9-5-3-2-4-6-9)11-7-10(13)8-15-11/h7-9,12,14H,2-6H2,1H3. The van der Waals surface area contributed by atoms with Crippen LogP contribution in [0, 0.1) is 5.92 Å². The fourth-order valence-electron chi connectivity index (χ4n) is 2.57. The average Bonchev–Trinajstić information content (AvgIpc) is 2.68. The van der Waals surface area contributed by atoms with E-state index in [2.05, 4.69) is 39.7 Å². The fourth-order valence-corrected chi connectivity index (χ4v) is 4.22. The Balaban J connectivity index is 2.08. The van der Waals surface area contributed by atoms with Gasteiger partial charge in [-0.05, 0) is 47.8 Å². The molecule has 0 spiro atoms. The van der Waals surface area contributed by atoms with Crippen LogP contribution in [0.1, 0.15) is 43.0 Å². The molecule has 0 aliphatic heterocycles. The van der Waals surface area contributed by atoms with E-state index in [0.717, 1.165) is 5.92 Å². The smallest absolute Gasteiger partial charge is 0.0441 e. The molecule has 15 heavy (non-hydrogen) atoms. The van der Waals surface area contributed by atoms with Crippen LogP contribution in [0.4, 0.5) is 0 Å². The van der Waals surface area contributed by atoms with Crippen LogP contribution in [-0.2, 0) is 0 Å². The van der Waals surface area contributed by atoms with Gasteiger partial charge in [0.25, 0.3) is 0 Å². The van der Waals surface area contributed by atoms with Gasteiger partial charge in [-0.15, -0.1) is 11.3 Å². The lowest BCUT2D eigenvalue weighted by Gasteiger charge is -2.29. The molecule has 2 rings (SSSR count). The maximum absolute atomic E-state index is 3.54. The van der Waals surface area contributed by atoms with Gasteiger partial charge in [0.15, 0.2) is 0 Å². The van der Waals surface area contributed by atoms with Gasteiger partial charge in [-0.25, -0.2) is 0 Å². The van der Waals surface area contributed by atoms with Crippen molar-refractivity contribution in [3.63, 3.8) is 0 Å². The minimum Gasteiger partial charge on any atom is -0.312 e. The first-order valence-electron chi connectivity index (χ1n) is 5.72. The van der Waals surface area contributed by atoms with E-state index in [4.69, 9.17) is 0 Å². The zero-order valence-corrected chi connectivity index (χ0v) is 11.5. The number of halogens is 1. The molecule has 0 bridgehead atoms. The zero-order valence-electron chi connectivity index (χ0n) is 9.13. The van der Waals surface area contributed by atoms with Gasteiger partial charge in [0.1, 0.15) is 0 Å². The van der Waals surface area contributed by atoms with Crippen LogP contribution in [0.3, 0.4) is 0 Å². The SMILES string of the molecule is CNC(c1cc(Br)cs1)C1CCCCC1. The Bertz CT molecular complexity index is 304. The molecule has 1 unspecified atom stereocenters. The highest BCUT2D eigenvalue weighted by atomic mass is 79.9. The van der Waals surface area contributed by atoms with Gasteiger partial charge in [-0.3, -0.25) is 0 Å². The molecule has 1 heterocycles. The topological polar surface area (TPSA) is 12.0 Å². The van der Waals surface area contributed by atoms with Crippen LogP contribution in [0.15, 0.2) is 15.9 Å². The fraction of sp³-hybridized carbons (Fsp3) is 0.667. The molecule has 0 saturated heterocycles. The molecular formula is C12H18BrNS. The minimum absolute atomic E-state index is 0.571. The summed E-state index contributed by atoms with van der Waals surface area (Å²) in [7, 11) is 2.09. The Labute approximate surface area is 104 Å². The average molecular weight is 288 g/mol. The maximum atomic E-state index is 3.54. The second-order valence-corrected chi connectivity index (χ2v) is 6.19. The number of nitrogens with one attached hydrogen (secondary N) is 1. The van der Waals surface area contributed by atoms with Crippen molar-refractivity contribution in [2.24, 2.45) is 5.92 Å². The lowest BCUT2D eigenvalue weighted by atomic mass is 9.83. The normalized spacial score (nSPS) is 20.4. The van der Waals surface area contributed by atoms with E-state index in [0.29, 0.717) is 6.04 Å². The Hall–Kier alpha value is 0.140. The molecule has 3 heteroatoms. The Morgan fingerprint density at radius 2 is 2.13 bits per heavy atom. The quantitative estimate of drug-likeness (QED) is 0.871. The maximum Gasteiger partial charge on any atom is 0.0441 e. The molecule has 0 aromatic carbocycles. The minimum atomic E-state index is 0.571. The van der Waals surface area contributed by atoms with E-state index in [1.807, 2.05) is 11.3 Å². The molecule has 1 atom stereocenters. The van der Waals surface area contributed by atoms with Crippen LogP contribution in [0.5, 0.6) is 0 Å². The Kier molecular flexibility index (Phi) is 4.23. The van der Waals surface area contributed by atoms with Gasteiger partial charge in [0.2, 0.25) is 0 Å². The van der Waals surface area contributed by atoms with Gasteiger partial charge >= 0.3 is 0 Å². The molecule has 1 nitrogen and oxygen atoms in total. The Morgan fingerprint density at radius 3 is 2.67 bits per heavy atom. The zero-order chi connectivity index (χ0) is 10.7. The van der Waals surface area contributed by atoms with Crippen LogP contribution in [0.2, 0.25) is 0 Å². The summed E-state index contributed by atoms with van der Waals surface area (Å²) < 4.78 is 1.22. The summed E-state index contributed by atoms with van der Waals surface area (Å²) in [5, 5.41) is 5.67. The molecule has 0 radical (unpaired) electrons. The third kappa shape index (κ3) is 2.83.